The zero-order valence-corrected chi connectivity index (χ0v) is 13.2. The van der Waals surface area contributed by atoms with E-state index in [1.54, 1.807) is 13.2 Å². The average molecular weight is 297 g/mol. The predicted octanol–water partition coefficient (Wildman–Crippen LogP) is 3.39. The van der Waals surface area contributed by atoms with Crippen molar-refractivity contribution in [2.45, 2.75) is 26.8 Å². The fourth-order valence-corrected chi connectivity index (χ4v) is 1.95. The lowest BCUT2D eigenvalue weighted by atomic mass is 9.92. The van der Waals surface area contributed by atoms with E-state index in [2.05, 4.69) is 11.4 Å². The van der Waals surface area contributed by atoms with Crippen LogP contribution in [-0.2, 0) is 6.54 Å². The topological polar surface area (TPSA) is 54.3 Å². The number of hydrogen-bond donors (Lipinski definition) is 1. The predicted molar refractivity (Wildman–Crippen MR) is 80.3 cm³/mol. The minimum Gasteiger partial charge on any atom is -0.493 e. The van der Waals surface area contributed by atoms with Crippen LogP contribution in [-0.4, -0.2) is 20.8 Å². The molecule has 5 heteroatoms. The van der Waals surface area contributed by atoms with Crippen LogP contribution in [0, 0.1) is 16.7 Å². The number of methoxy groups -OCH3 is 1. The Kier molecular flexibility index (Phi) is 6.12. The summed E-state index contributed by atoms with van der Waals surface area (Å²) in [5, 5.41) is 12.7. The van der Waals surface area contributed by atoms with Crippen LogP contribution < -0.4 is 14.8 Å². The molecule has 0 saturated heterocycles. The van der Waals surface area contributed by atoms with Gasteiger partial charge in [0.2, 0.25) is 0 Å². The summed E-state index contributed by atoms with van der Waals surface area (Å²) in [4.78, 5) is 0. The van der Waals surface area contributed by atoms with E-state index in [1.165, 1.54) is 0 Å². The summed E-state index contributed by atoms with van der Waals surface area (Å²) in [6.45, 7) is 4.87. The monoisotopic (exact) mass is 296 g/mol. The molecule has 0 aliphatic rings. The summed E-state index contributed by atoms with van der Waals surface area (Å²) in [5.41, 5.74) is 0.537. The van der Waals surface area contributed by atoms with Crippen LogP contribution in [0.2, 0.25) is 5.02 Å². The van der Waals surface area contributed by atoms with Crippen molar-refractivity contribution in [2.24, 2.45) is 5.41 Å². The maximum absolute atomic E-state index is 9.01. The van der Waals surface area contributed by atoms with Crippen LogP contribution in [0.25, 0.3) is 0 Å². The summed E-state index contributed by atoms with van der Waals surface area (Å²) in [6, 6.07) is 5.84. The van der Waals surface area contributed by atoms with Gasteiger partial charge in [-0.15, -0.1) is 0 Å². The van der Waals surface area contributed by atoms with Gasteiger partial charge >= 0.3 is 0 Å². The molecule has 0 saturated carbocycles. The van der Waals surface area contributed by atoms with E-state index in [1.807, 2.05) is 27.0 Å². The van der Waals surface area contributed by atoms with E-state index in [0.717, 1.165) is 5.56 Å². The number of benzene rings is 1. The molecule has 1 rings (SSSR count). The van der Waals surface area contributed by atoms with Crippen LogP contribution in [0.5, 0.6) is 11.5 Å². The second-order valence-corrected chi connectivity index (χ2v) is 5.66. The Labute approximate surface area is 125 Å². The van der Waals surface area contributed by atoms with Crippen molar-refractivity contribution in [3.8, 4) is 17.6 Å². The van der Waals surface area contributed by atoms with Crippen molar-refractivity contribution in [2.75, 3.05) is 20.8 Å². The number of nitrogens with one attached hydrogen (secondary N) is 1. The molecule has 1 aromatic rings. The third-order valence-corrected chi connectivity index (χ3v) is 3.18. The number of hydrogen-bond acceptors (Lipinski definition) is 4. The molecule has 4 nitrogen and oxygen atoms in total. The Morgan fingerprint density at radius 3 is 2.65 bits per heavy atom. The lowest BCUT2D eigenvalue weighted by Crippen LogP contribution is -2.15. The van der Waals surface area contributed by atoms with Crippen LogP contribution in [0.3, 0.4) is 0 Å². The Bertz CT molecular complexity index is 495. The van der Waals surface area contributed by atoms with Crippen molar-refractivity contribution >= 4 is 11.6 Å². The minimum atomic E-state index is -0.400. The zero-order valence-electron chi connectivity index (χ0n) is 12.4. The van der Waals surface area contributed by atoms with Gasteiger partial charge in [0.25, 0.3) is 0 Å². The number of nitrogens with zero attached hydrogens (tertiary/aromatic N) is 1. The van der Waals surface area contributed by atoms with Gasteiger partial charge in [-0.1, -0.05) is 11.6 Å². The highest BCUT2D eigenvalue weighted by Gasteiger charge is 2.18. The normalized spacial score (nSPS) is 11.0. The van der Waals surface area contributed by atoms with Crippen molar-refractivity contribution in [3.63, 3.8) is 0 Å². The fraction of sp³-hybridized carbons (Fsp3) is 0.533. The zero-order chi connectivity index (χ0) is 15.2. The van der Waals surface area contributed by atoms with Crippen molar-refractivity contribution < 1.29 is 9.47 Å². The van der Waals surface area contributed by atoms with E-state index in [9.17, 15) is 0 Å². The van der Waals surface area contributed by atoms with Crippen LogP contribution in [0.15, 0.2) is 12.1 Å². The number of rotatable bonds is 7. The van der Waals surface area contributed by atoms with Crippen molar-refractivity contribution in [1.29, 1.82) is 5.26 Å². The van der Waals surface area contributed by atoms with Crippen molar-refractivity contribution in [3.05, 3.63) is 22.7 Å². The molecule has 0 aromatic heterocycles. The first-order chi connectivity index (χ1) is 9.43. The smallest absolute Gasteiger partial charge is 0.165 e. The Morgan fingerprint density at radius 2 is 2.10 bits per heavy atom. The maximum Gasteiger partial charge on any atom is 0.165 e. The minimum absolute atomic E-state index is 0.400. The summed E-state index contributed by atoms with van der Waals surface area (Å²) in [5.74, 6) is 1.29. The number of ether oxygens (including phenoxy) is 2. The van der Waals surface area contributed by atoms with Gasteiger partial charge < -0.3 is 14.8 Å². The summed E-state index contributed by atoms with van der Waals surface area (Å²) >= 11 is 6.06. The molecule has 0 aliphatic carbocycles. The van der Waals surface area contributed by atoms with Crippen LogP contribution >= 0.6 is 11.6 Å². The molecule has 0 bridgehead atoms. The lowest BCUT2D eigenvalue weighted by molar-refractivity contribution is 0.250. The van der Waals surface area contributed by atoms with Gasteiger partial charge in [0.05, 0.1) is 25.2 Å². The largest absolute Gasteiger partial charge is 0.493 e. The van der Waals surface area contributed by atoms with Gasteiger partial charge in [-0.05, 0) is 33.4 Å². The Hall–Kier alpha value is -1.44. The van der Waals surface area contributed by atoms with Crippen LogP contribution in [0.4, 0.5) is 0 Å². The van der Waals surface area contributed by atoms with Gasteiger partial charge in [0, 0.05) is 23.2 Å². The third kappa shape index (κ3) is 4.59. The maximum atomic E-state index is 9.01. The molecular weight excluding hydrogens is 276 g/mol. The fourth-order valence-electron chi connectivity index (χ4n) is 1.72. The first kappa shape index (κ1) is 16.6. The van der Waals surface area contributed by atoms with Gasteiger partial charge in [-0.25, -0.2) is 0 Å². The standard InChI is InChI=1S/C15H21ClN2O2/c1-15(2,10-17)5-6-20-14-11(9-18-3)7-12(16)8-13(14)19-4/h7-8,18H,5-6,9H2,1-4H3. The molecular formula is C15H21ClN2O2. The lowest BCUT2D eigenvalue weighted by Gasteiger charge is -2.19. The molecule has 0 heterocycles. The average Bonchev–Trinajstić information content (AvgIpc) is 2.40. The van der Waals surface area contributed by atoms with E-state index in [0.29, 0.717) is 36.1 Å². The molecule has 0 spiro atoms. The molecule has 1 N–H and O–H groups in total. The second-order valence-electron chi connectivity index (χ2n) is 5.22. The Balaban J connectivity index is 2.89. The molecule has 110 valence electrons. The second kappa shape index (κ2) is 7.37. The molecule has 20 heavy (non-hydrogen) atoms. The number of halogens is 1. The van der Waals surface area contributed by atoms with Gasteiger partial charge in [0.1, 0.15) is 0 Å². The highest BCUT2D eigenvalue weighted by molar-refractivity contribution is 6.30. The highest BCUT2D eigenvalue weighted by atomic mass is 35.5. The van der Waals surface area contributed by atoms with E-state index in [4.69, 9.17) is 26.3 Å². The van der Waals surface area contributed by atoms with E-state index >= 15 is 0 Å². The first-order valence-corrected chi connectivity index (χ1v) is 6.86. The van der Waals surface area contributed by atoms with Gasteiger partial charge in [-0.3, -0.25) is 0 Å². The van der Waals surface area contributed by atoms with Gasteiger partial charge in [-0.2, -0.15) is 5.26 Å². The van der Waals surface area contributed by atoms with Crippen molar-refractivity contribution in [1.82, 2.24) is 5.32 Å². The SMILES string of the molecule is CNCc1cc(Cl)cc(OC)c1OCCC(C)(C)C#N. The molecule has 0 unspecified atom stereocenters. The molecule has 1 aromatic carbocycles. The third-order valence-electron chi connectivity index (χ3n) is 2.96. The molecule has 0 amide bonds. The number of nitriles is 1. The Morgan fingerprint density at radius 1 is 1.40 bits per heavy atom. The van der Waals surface area contributed by atoms with E-state index in [-0.39, 0.29) is 0 Å². The molecule has 0 atom stereocenters. The van der Waals surface area contributed by atoms with Gasteiger partial charge in [0.15, 0.2) is 11.5 Å². The molecule has 0 radical (unpaired) electrons. The first-order valence-electron chi connectivity index (χ1n) is 6.48. The summed E-state index contributed by atoms with van der Waals surface area (Å²) < 4.78 is 11.1. The van der Waals surface area contributed by atoms with E-state index < -0.39 is 5.41 Å². The molecule has 0 fully saturated rings. The quantitative estimate of drug-likeness (QED) is 0.838. The molecule has 0 aliphatic heterocycles. The van der Waals surface area contributed by atoms with Crippen LogP contribution in [0.1, 0.15) is 25.8 Å². The highest BCUT2D eigenvalue weighted by Crippen LogP contribution is 2.35. The summed E-state index contributed by atoms with van der Waals surface area (Å²) in [6.07, 6.45) is 0.647. The summed E-state index contributed by atoms with van der Waals surface area (Å²) in [7, 11) is 3.44.